The van der Waals surface area contributed by atoms with E-state index in [4.69, 9.17) is 15.7 Å². The zero-order chi connectivity index (χ0) is 13.8. The molecule has 0 aliphatic heterocycles. The first kappa shape index (κ1) is 13.4. The Morgan fingerprint density at radius 3 is 2.58 bits per heavy atom. The van der Waals surface area contributed by atoms with Gasteiger partial charge in [0.2, 0.25) is 0 Å². The van der Waals surface area contributed by atoms with Gasteiger partial charge in [-0.2, -0.15) is 0 Å². The minimum atomic E-state index is -0.449. The second-order valence-electron chi connectivity index (χ2n) is 3.66. The number of halogens is 2. The third kappa shape index (κ3) is 3.03. The minimum Gasteiger partial charge on any atom is -0.453 e. The van der Waals surface area contributed by atoms with Gasteiger partial charge in [-0.15, -0.1) is 0 Å². The lowest BCUT2D eigenvalue weighted by atomic mass is 10.2. The molecule has 0 bridgehead atoms. The van der Waals surface area contributed by atoms with Crippen LogP contribution in [0.25, 0.3) is 0 Å². The van der Waals surface area contributed by atoms with Crippen molar-refractivity contribution in [2.75, 3.05) is 0 Å². The van der Waals surface area contributed by atoms with Gasteiger partial charge in [0.05, 0.1) is 4.47 Å². The van der Waals surface area contributed by atoms with Crippen molar-refractivity contribution in [1.82, 2.24) is 0 Å². The standard InChI is InChI=1S/C13H10BrFN2O2/c14-9-7-8(13(16)17-18)5-6-11(9)19-12-4-2-1-3-10(12)15/h1-7,18H,(H2,16,17). The van der Waals surface area contributed by atoms with Crippen molar-refractivity contribution in [1.29, 1.82) is 0 Å². The average Bonchev–Trinajstić information content (AvgIpc) is 2.42. The summed E-state index contributed by atoms with van der Waals surface area (Å²) >= 11 is 3.29. The van der Waals surface area contributed by atoms with E-state index < -0.39 is 5.82 Å². The second-order valence-corrected chi connectivity index (χ2v) is 4.52. The maximum absolute atomic E-state index is 13.5. The number of oxime groups is 1. The monoisotopic (exact) mass is 324 g/mol. The van der Waals surface area contributed by atoms with E-state index in [1.54, 1.807) is 30.3 Å². The van der Waals surface area contributed by atoms with E-state index in [-0.39, 0.29) is 11.6 Å². The molecular formula is C13H10BrFN2O2. The molecule has 0 radical (unpaired) electrons. The van der Waals surface area contributed by atoms with Crippen LogP contribution in [-0.2, 0) is 0 Å². The van der Waals surface area contributed by atoms with Gasteiger partial charge in [-0.25, -0.2) is 4.39 Å². The lowest BCUT2D eigenvalue weighted by Gasteiger charge is -2.09. The van der Waals surface area contributed by atoms with Gasteiger partial charge in [-0.3, -0.25) is 0 Å². The van der Waals surface area contributed by atoms with Gasteiger partial charge in [0.25, 0.3) is 0 Å². The molecule has 0 saturated heterocycles. The summed E-state index contributed by atoms with van der Waals surface area (Å²) in [7, 11) is 0. The van der Waals surface area contributed by atoms with Crippen LogP contribution in [0.1, 0.15) is 5.56 Å². The number of hydrogen-bond donors (Lipinski definition) is 2. The Labute approximate surface area is 117 Å². The zero-order valence-corrected chi connectivity index (χ0v) is 11.3. The molecule has 2 rings (SSSR count). The first-order valence-electron chi connectivity index (χ1n) is 5.31. The van der Waals surface area contributed by atoms with Crippen LogP contribution in [0.5, 0.6) is 11.5 Å². The van der Waals surface area contributed by atoms with Gasteiger partial charge in [-0.1, -0.05) is 17.3 Å². The molecule has 0 spiro atoms. The van der Waals surface area contributed by atoms with Crippen molar-refractivity contribution in [3.63, 3.8) is 0 Å². The Morgan fingerprint density at radius 1 is 1.21 bits per heavy atom. The third-order valence-electron chi connectivity index (χ3n) is 2.39. The molecule has 0 fully saturated rings. The molecule has 19 heavy (non-hydrogen) atoms. The first-order valence-corrected chi connectivity index (χ1v) is 6.11. The molecule has 0 aliphatic rings. The van der Waals surface area contributed by atoms with Gasteiger partial charge >= 0.3 is 0 Å². The number of nitrogens with two attached hydrogens (primary N) is 1. The average molecular weight is 325 g/mol. The summed E-state index contributed by atoms with van der Waals surface area (Å²) in [5.41, 5.74) is 5.99. The Bertz CT molecular complexity index is 632. The summed E-state index contributed by atoms with van der Waals surface area (Å²) < 4.78 is 19.5. The fourth-order valence-corrected chi connectivity index (χ4v) is 1.91. The number of ether oxygens (including phenoxy) is 1. The molecule has 0 atom stereocenters. The maximum atomic E-state index is 13.5. The van der Waals surface area contributed by atoms with Crippen molar-refractivity contribution in [3.05, 3.63) is 58.3 Å². The molecule has 0 saturated carbocycles. The smallest absolute Gasteiger partial charge is 0.170 e. The van der Waals surface area contributed by atoms with Gasteiger partial charge in [0.1, 0.15) is 5.75 Å². The van der Waals surface area contributed by atoms with E-state index in [1.165, 1.54) is 12.1 Å². The predicted octanol–water partition coefficient (Wildman–Crippen LogP) is 3.48. The highest BCUT2D eigenvalue weighted by Gasteiger charge is 2.09. The topological polar surface area (TPSA) is 67.8 Å². The Kier molecular flexibility index (Phi) is 4.01. The highest BCUT2D eigenvalue weighted by molar-refractivity contribution is 9.10. The molecule has 2 aromatic rings. The Morgan fingerprint density at radius 2 is 1.95 bits per heavy atom. The molecule has 0 amide bonds. The van der Waals surface area contributed by atoms with Crippen molar-refractivity contribution < 1.29 is 14.3 Å². The fraction of sp³-hybridized carbons (Fsp3) is 0. The van der Waals surface area contributed by atoms with Crippen molar-refractivity contribution >= 4 is 21.8 Å². The molecule has 0 aliphatic carbocycles. The number of nitrogens with zero attached hydrogens (tertiary/aromatic N) is 1. The van der Waals surface area contributed by atoms with E-state index in [0.29, 0.717) is 15.8 Å². The van der Waals surface area contributed by atoms with Gasteiger partial charge in [0.15, 0.2) is 17.4 Å². The predicted molar refractivity (Wildman–Crippen MR) is 73.1 cm³/mol. The number of amidine groups is 1. The molecule has 3 N–H and O–H groups in total. The van der Waals surface area contributed by atoms with Crippen LogP contribution in [0, 0.1) is 5.82 Å². The lowest BCUT2D eigenvalue weighted by Crippen LogP contribution is -2.12. The van der Waals surface area contributed by atoms with Crippen LogP contribution >= 0.6 is 15.9 Å². The maximum Gasteiger partial charge on any atom is 0.170 e. The number of benzene rings is 2. The SMILES string of the molecule is N/C(=N/O)c1ccc(Oc2ccccc2F)c(Br)c1. The Hall–Kier alpha value is -2.08. The summed E-state index contributed by atoms with van der Waals surface area (Å²) in [5, 5.41) is 11.5. The summed E-state index contributed by atoms with van der Waals surface area (Å²) in [4.78, 5) is 0. The van der Waals surface area contributed by atoms with E-state index in [2.05, 4.69) is 21.1 Å². The fourth-order valence-electron chi connectivity index (χ4n) is 1.45. The van der Waals surface area contributed by atoms with Crippen molar-refractivity contribution in [3.8, 4) is 11.5 Å². The second kappa shape index (κ2) is 5.71. The van der Waals surface area contributed by atoms with Gasteiger partial charge < -0.3 is 15.7 Å². The van der Waals surface area contributed by atoms with Crippen LogP contribution < -0.4 is 10.5 Å². The van der Waals surface area contributed by atoms with Gasteiger partial charge in [0, 0.05) is 5.56 Å². The van der Waals surface area contributed by atoms with E-state index in [0.717, 1.165) is 0 Å². The van der Waals surface area contributed by atoms with Crippen molar-refractivity contribution in [2.45, 2.75) is 0 Å². The lowest BCUT2D eigenvalue weighted by molar-refractivity contribution is 0.318. The minimum absolute atomic E-state index is 0.0156. The van der Waals surface area contributed by atoms with Gasteiger partial charge in [-0.05, 0) is 46.3 Å². The van der Waals surface area contributed by atoms with Crippen molar-refractivity contribution in [2.24, 2.45) is 10.9 Å². The third-order valence-corrected chi connectivity index (χ3v) is 3.01. The van der Waals surface area contributed by atoms with E-state index in [1.807, 2.05) is 0 Å². The highest BCUT2D eigenvalue weighted by atomic mass is 79.9. The molecule has 4 nitrogen and oxygen atoms in total. The quantitative estimate of drug-likeness (QED) is 0.393. The molecular weight excluding hydrogens is 315 g/mol. The van der Waals surface area contributed by atoms with E-state index >= 15 is 0 Å². The van der Waals surface area contributed by atoms with Crippen LogP contribution in [0.2, 0.25) is 0 Å². The largest absolute Gasteiger partial charge is 0.453 e. The summed E-state index contributed by atoms with van der Waals surface area (Å²) in [5.74, 6) is 0.0902. The summed E-state index contributed by atoms with van der Waals surface area (Å²) in [6, 6.07) is 10.9. The molecule has 98 valence electrons. The first-order chi connectivity index (χ1) is 9.11. The normalized spacial score (nSPS) is 11.4. The summed E-state index contributed by atoms with van der Waals surface area (Å²) in [6.45, 7) is 0. The van der Waals surface area contributed by atoms with Crippen LogP contribution in [0.4, 0.5) is 4.39 Å². The number of para-hydroxylation sites is 1. The van der Waals surface area contributed by atoms with E-state index in [9.17, 15) is 4.39 Å². The number of hydrogen-bond acceptors (Lipinski definition) is 3. The van der Waals surface area contributed by atoms with Crippen LogP contribution in [0.15, 0.2) is 52.1 Å². The van der Waals surface area contributed by atoms with Crippen LogP contribution in [-0.4, -0.2) is 11.0 Å². The molecule has 0 unspecified atom stereocenters. The summed E-state index contributed by atoms with van der Waals surface area (Å²) in [6.07, 6.45) is 0. The molecule has 0 heterocycles. The molecule has 0 aromatic heterocycles. The zero-order valence-electron chi connectivity index (χ0n) is 9.68. The highest BCUT2D eigenvalue weighted by Crippen LogP contribution is 2.31. The number of rotatable bonds is 3. The van der Waals surface area contributed by atoms with Crippen LogP contribution in [0.3, 0.4) is 0 Å². The molecule has 2 aromatic carbocycles. The molecule has 6 heteroatoms. The Balaban J connectivity index is 2.30.